The first-order valence-electron chi connectivity index (χ1n) is 30.4. The summed E-state index contributed by atoms with van der Waals surface area (Å²) in [4.78, 5) is 0. The molecule has 0 amide bonds. The number of hydrogen-bond donors (Lipinski definition) is 1. The Morgan fingerprint density at radius 2 is 0.662 bits per heavy atom. The lowest BCUT2D eigenvalue weighted by molar-refractivity contribution is -0.177. The molecule has 0 saturated carbocycles. The average Bonchev–Trinajstić information content (AvgIpc) is 3.31. The number of hydrazine groups is 2. The van der Waals surface area contributed by atoms with Crippen LogP contribution in [0.1, 0.15) is 331 Å². The van der Waals surface area contributed by atoms with E-state index in [0.29, 0.717) is 5.92 Å². The van der Waals surface area contributed by atoms with Crippen molar-refractivity contribution in [1.82, 2.24) is 15.1 Å². The Kier molecular flexibility index (Phi) is 65.2. The summed E-state index contributed by atoms with van der Waals surface area (Å²) in [6.45, 7) is 27.9. The topological polar surface area (TPSA) is 35.7 Å². The maximum absolute atomic E-state index is 5.57. The van der Waals surface area contributed by atoms with Gasteiger partial charge in [-0.1, -0.05) is 312 Å². The number of rotatable bonds is 51. The van der Waals surface area contributed by atoms with Crippen LogP contribution < -0.4 is 5.73 Å². The van der Waals surface area contributed by atoms with Crippen molar-refractivity contribution in [3.8, 4) is 0 Å². The molecule has 2 N–H and O–H groups in total. The van der Waals surface area contributed by atoms with Crippen molar-refractivity contribution in [1.29, 1.82) is 0 Å². The van der Waals surface area contributed by atoms with Crippen LogP contribution in [0.2, 0.25) is 0 Å². The smallest absolute Gasteiger partial charge is 0.0293 e. The predicted octanol–water partition coefficient (Wildman–Crippen LogP) is 20.6. The summed E-state index contributed by atoms with van der Waals surface area (Å²) >= 11 is 0. The highest BCUT2D eigenvalue weighted by Crippen LogP contribution is 2.18. The zero-order chi connectivity index (χ0) is 48.5. The summed E-state index contributed by atoms with van der Waals surface area (Å²) in [5.41, 5.74) is 5.57. The second kappa shape index (κ2) is 61.6. The SMILES string of the molecule is C=CC(CN)CCCCCCCC.CCCCCCCCC.CCCCCCCCCCCCN(CC)N(CCCCCCCCCCCC)N(C)CC(C)CCCCCCCCCC. The van der Waals surface area contributed by atoms with Gasteiger partial charge in [-0.15, -0.1) is 6.58 Å². The van der Waals surface area contributed by atoms with Crippen LogP contribution in [0.3, 0.4) is 0 Å². The van der Waals surface area contributed by atoms with Crippen molar-refractivity contribution in [2.24, 2.45) is 17.6 Å². The molecule has 4 nitrogen and oxygen atoms in total. The van der Waals surface area contributed by atoms with Crippen LogP contribution in [0.25, 0.3) is 0 Å². The van der Waals surface area contributed by atoms with Crippen LogP contribution >= 0.6 is 0 Å². The van der Waals surface area contributed by atoms with Crippen LogP contribution in [0.4, 0.5) is 0 Å². The van der Waals surface area contributed by atoms with E-state index >= 15 is 0 Å². The molecule has 0 saturated heterocycles. The number of nitrogens with zero attached hydrogens (tertiary/aromatic N) is 3. The number of nitrogens with two attached hydrogens (primary N) is 1. The molecular weight excluding hydrogens is 789 g/mol. The van der Waals surface area contributed by atoms with Gasteiger partial charge in [-0.05, 0) is 44.1 Å². The third kappa shape index (κ3) is 56.1. The number of hydrogen-bond acceptors (Lipinski definition) is 4. The molecule has 0 aliphatic heterocycles. The van der Waals surface area contributed by atoms with E-state index in [-0.39, 0.29) is 0 Å². The molecule has 0 aromatic heterocycles. The van der Waals surface area contributed by atoms with Crippen LogP contribution in [-0.4, -0.2) is 54.9 Å². The Balaban J connectivity index is -0.00000142. The average molecular weight is 920 g/mol. The first kappa shape index (κ1) is 68.8. The van der Waals surface area contributed by atoms with Crippen molar-refractivity contribution in [3.05, 3.63) is 12.7 Å². The zero-order valence-corrected chi connectivity index (χ0v) is 47.3. The molecule has 0 spiro atoms. The van der Waals surface area contributed by atoms with Crippen molar-refractivity contribution in [2.75, 3.05) is 39.8 Å². The first-order chi connectivity index (χ1) is 31.9. The van der Waals surface area contributed by atoms with Gasteiger partial charge in [0.1, 0.15) is 0 Å². The molecule has 0 aromatic rings. The summed E-state index contributed by atoms with van der Waals surface area (Å²) < 4.78 is 0. The van der Waals surface area contributed by atoms with Crippen molar-refractivity contribution >= 4 is 0 Å². The van der Waals surface area contributed by atoms with Gasteiger partial charge in [0.05, 0.1) is 0 Å². The highest BCUT2D eigenvalue weighted by molar-refractivity contribution is 4.79. The van der Waals surface area contributed by atoms with Crippen LogP contribution in [0.15, 0.2) is 12.7 Å². The maximum atomic E-state index is 5.57. The molecule has 65 heavy (non-hydrogen) atoms. The molecule has 0 aliphatic rings. The molecule has 0 rings (SSSR count). The summed E-state index contributed by atoms with van der Waals surface area (Å²) in [6.07, 6.45) is 62.6. The minimum absolute atomic E-state index is 0.547. The van der Waals surface area contributed by atoms with Gasteiger partial charge < -0.3 is 5.73 Å². The fraction of sp³-hybridized carbons (Fsp3) is 0.967. The van der Waals surface area contributed by atoms with E-state index in [1.807, 2.05) is 6.08 Å². The molecule has 2 atom stereocenters. The third-order valence-electron chi connectivity index (χ3n) is 14.0. The second-order valence-corrected chi connectivity index (χ2v) is 20.8. The van der Waals surface area contributed by atoms with E-state index in [1.54, 1.807) is 0 Å². The Hall–Kier alpha value is -0.420. The van der Waals surface area contributed by atoms with Gasteiger partial charge in [0.15, 0.2) is 0 Å². The van der Waals surface area contributed by atoms with Gasteiger partial charge in [0.25, 0.3) is 0 Å². The molecule has 0 bridgehead atoms. The predicted molar refractivity (Wildman–Crippen MR) is 301 cm³/mol. The normalized spacial score (nSPS) is 12.4. The van der Waals surface area contributed by atoms with Gasteiger partial charge in [-0.2, -0.15) is 5.12 Å². The molecule has 394 valence electrons. The van der Waals surface area contributed by atoms with Crippen molar-refractivity contribution in [2.45, 2.75) is 331 Å². The molecule has 0 radical (unpaired) electrons. The summed E-state index contributed by atoms with van der Waals surface area (Å²) in [6, 6.07) is 0. The van der Waals surface area contributed by atoms with E-state index in [4.69, 9.17) is 5.73 Å². The first-order valence-corrected chi connectivity index (χ1v) is 30.4. The van der Waals surface area contributed by atoms with E-state index in [1.165, 1.54) is 296 Å². The summed E-state index contributed by atoms with van der Waals surface area (Å²) in [5, 5.41) is 7.95. The molecule has 4 heteroatoms. The fourth-order valence-electron chi connectivity index (χ4n) is 9.30. The largest absolute Gasteiger partial charge is 0.330 e. The second-order valence-electron chi connectivity index (χ2n) is 20.8. The number of unbranched alkanes of at least 4 members (excludes halogenated alkanes) is 36. The molecule has 0 fully saturated rings. The molecule has 2 unspecified atom stereocenters. The molecule has 0 heterocycles. The molecule has 0 aliphatic carbocycles. The highest BCUT2D eigenvalue weighted by Gasteiger charge is 2.20. The van der Waals surface area contributed by atoms with E-state index in [2.05, 4.69) is 84.2 Å². The summed E-state index contributed by atoms with van der Waals surface area (Å²) in [5.74, 6) is 1.32. The van der Waals surface area contributed by atoms with E-state index in [9.17, 15) is 0 Å². The lowest BCUT2D eigenvalue weighted by Crippen LogP contribution is -2.53. The monoisotopic (exact) mass is 919 g/mol. The van der Waals surface area contributed by atoms with Crippen molar-refractivity contribution < 1.29 is 0 Å². The maximum Gasteiger partial charge on any atom is 0.0293 e. The molecule has 0 aromatic carbocycles. The zero-order valence-electron chi connectivity index (χ0n) is 47.3. The lowest BCUT2D eigenvalue weighted by atomic mass is 10.0. The Labute approximate surface area is 415 Å². The fourth-order valence-corrected chi connectivity index (χ4v) is 9.30. The van der Waals surface area contributed by atoms with Crippen LogP contribution in [0, 0.1) is 11.8 Å². The standard InChI is InChI=1S/C40H85N3.C12H25N.C9H20/c1-7-11-14-17-20-23-25-28-31-34-37-42(10-4)43(38-35-32-29-26-24-21-18-15-12-8-2)41(6)39-40(5)36-33-30-27-22-19-16-13-9-3;1-3-5-6-7-8-9-10-12(4-2)11-13;1-3-5-7-9-8-6-4-2/h40H,7-39H2,1-6H3;4,12H,2-3,5-11,13H2,1H3;3-9H2,1-2H3. The van der Waals surface area contributed by atoms with Gasteiger partial charge in [-0.3, -0.25) is 0 Å². The molecular formula is C61H130N4. The van der Waals surface area contributed by atoms with Crippen molar-refractivity contribution in [3.63, 3.8) is 0 Å². The van der Waals surface area contributed by atoms with Gasteiger partial charge in [0.2, 0.25) is 0 Å². The Morgan fingerprint density at radius 3 is 0.954 bits per heavy atom. The van der Waals surface area contributed by atoms with E-state index < -0.39 is 0 Å². The lowest BCUT2D eigenvalue weighted by Gasteiger charge is -2.41. The minimum Gasteiger partial charge on any atom is -0.330 e. The minimum atomic E-state index is 0.547. The van der Waals surface area contributed by atoms with Gasteiger partial charge >= 0.3 is 0 Å². The van der Waals surface area contributed by atoms with E-state index in [0.717, 1.165) is 19.0 Å². The van der Waals surface area contributed by atoms with Crippen LogP contribution in [-0.2, 0) is 0 Å². The van der Waals surface area contributed by atoms with Gasteiger partial charge in [0, 0.05) is 33.2 Å². The highest BCUT2D eigenvalue weighted by atomic mass is 15.8. The third-order valence-corrected chi connectivity index (χ3v) is 14.0. The quantitative estimate of drug-likeness (QED) is 0.0375. The summed E-state index contributed by atoms with van der Waals surface area (Å²) in [7, 11) is 2.38. The van der Waals surface area contributed by atoms with Gasteiger partial charge in [-0.25, -0.2) is 10.0 Å². The Morgan fingerprint density at radius 1 is 0.385 bits per heavy atom. The van der Waals surface area contributed by atoms with Crippen LogP contribution in [0.5, 0.6) is 0 Å². The Bertz CT molecular complexity index is 812.